The number of anilines is 3. The highest BCUT2D eigenvalue weighted by molar-refractivity contribution is 7.89. The number of aryl methyl sites for hydroxylation is 1. The predicted octanol–water partition coefficient (Wildman–Crippen LogP) is 2.71. The molecule has 0 aliphatic heterocycles. The van der Waals surface area contributed by atoms with E-state index < -0.39 is 10.0 Å². The molecule has 158 valence electrons. The average molecular weight is 429 g/mol. The first-order chi connectivity index (χ1) is 14.5. The topological polar surface area (TPSA) is 118 Å². The van der Waals surface area contributed by atoms with Crippen molar-refractivity contribution in [2.24, 2.45) is 0 Å². The minimum Gasteiger partial charge on any atom is -0.494 e. The van der Waals surface area contributed by atoms with E-state index in [1.165, 1.54) is 18.5 Å². The van der Waals surface area contributed by atoms with E-state index in [-0.39, 0.29) is 11.4 Å². The molecule has 3 aromatic rings. The Morgan fingerprint density at radius 1 is 0.933 bits per heavy atom. The number of nitrogens with zero attached hydrogens (tertiary/aromatic N) is 3. The molecule has 0 saturated heterocycles. The highest BCUT2D eigenvalue weighted by atomic mass is 32.2. The molecule has 10 heteroatoms. The highest BCUT2D eigenvalue weighted by Gasteiger charge is 2.13. The van der Waals surface area contributed by atoms with E-state index in [1.54, 1.807) is 24.4 Å². The van der Waals surface area contributed by atoms with Crippen molar-refractivity contribution in [3.8, 4) is 5.75 Å². The maximum atomic E-state index is 12.4. The number of pyridine rings is 1. The third kappa shape index (κ3) is 6.13. The fourth-order valence-electron chi connectivity index (χ4n) is 2.60. The summed E-state index contributed by atoms with van der Waals surface area (Å²) in [5.41, 5.74) is 1.08. The summed E-state index contributed by atoms with van der Waals surface area (Å²) in [5.74, 6) is 2.47. The van der Waals surface area contributed by atoms with Crippen LogP contribution in [-0.2, 0) is 10.0 Å². The van der Waals surface area contributed by atoms with Gasteiger partial charge in [0.2, 0.25) is 10.0 Å². The van der Waals surface area contributed by atoms with Gasteiger partial charge in [-0.15, -0.1) is 0 Å². The summed E-state index contributed by atoms with van der Waals surface area (Å²) in [6.07, 6.45) is 3.14. The van der Waals surface area contributed by atoms with Crippen LogP contribution >= 0.6 is 0 Å². The van der Waals surface area contributed by atoms with E-state index in [1.807, 2.05) is 26.0 Å². The normalized spacial score (nSPS) is 11.1. The monoisotopic (exact) mass is 428 g/mol. The number of benzene rings is 1. The molecule has 0 spiro atoms. The van der Waals surface area contributed by atoms with Crippen LogP contribution in [0, 0.1) is 6.92 Å². The van der Waals surface area contributed by atoms with E-state index in [0.717, 1.165) is 5.56 Å². The van der Waals surface area contributed by atoms with Crippen molar-refractivity contribution in [2.45, 2.75) is 18.7 Å². The van der Waals surface area contributed by atoms with E-state index in [2.05, 4.69) is 30.3 Å². The van der Waals surface area contributed by atoms with E-state index in [9.17, 15) is 8.42 Å². The van der Waals surface area contributed by atoms with Crippen LogP contribution in [0.4, 0.5) is 17.5 Å². The molecule has 0 radical (unpaired) electrons. The fourth-order valence-corrected chi connectivity index (χ4v) is 3.63. The molecule has 0 aliphatic carbocycles. The first-order valence-corrected chi connectivity index (χ1v) is 10.9. The summed E-state index contributed by atoms with van der Waals surface area (Å²) in [6.45, 7) is 4.93. The summed E-state index contributed by atoms with van der Waals surface area (Å²) >= 11 is 0. The van der Waals surface area contributed by atoms with Gasteiger partial charge in [0.15, 0.2) is 0 Å². The third-order valence-electron chi connectivity index (χ3n) is 4.01. The predicted molar refractivity (Wildman–Crippen MR) is 116 cm³/mol. The molecule has 0 saturated carbocycles. The molecule has 30 heavy (non-hydrogen) atoms. The van der Waals surface area contributed by atoms with Crippen LogP contribution in [0.2, 0.25) is 0 Å². The summed E-state index contributed by atoms with van der Waals surface area (Å²) in [7, 11) is -3.60. The molecule has 0 amide bonds. The third-order valence-corrected chi connectivity index (χ3v) is 5.48. The van der Waals surface area contributed by atoms with Gasteiger partial charge in [0.25, 0.3) is 0 Å². The molecule has 3 N–H and O–H groups in total. The molecular weight excluding hydrogens is 404 g/mol. The van der Waals surface area contributed by atoms with Gasteiger partial charge in [0.1, 0.15) is 29.5 Å². The Bertz CT molecular complexity index is 1070. The molecule has 2 heterocycles. The Morgan fingerprint density at radius 3 is 2.40 bits per heavy atom. The standard InChI is InChI=1S/C20H24N6O3S/c1-3-29-16-4-6-17(7-5-16)30(27,28)25-11-10-22-18-13-20(24-14-23-18)26-19-12-15(2)8-9-21-19/h4-9,12-14,25H,3,10-11H2,1-2H3,(H2,21,22,23,24,26). The minimum absolute atomic E-state index is 0.185. The number of rotatable bonds is 10. The zero-order chi connectivity index (χ0) is 21.4. The van der Waals surface area contributed by atoms with Gasteiger partial charge in [-0.2, -0.15) is 0 Å². The van der Waals surface area contributed by atoms with Gasteiger partial charge >= 0.3 is 0 Å². The Labute approximate surface area is 176 Å². The zero-order valence-electron chi connectivity index (χ0n) is 16.8. The second kappa shape index (κ2) is 9.99. The second-order valence-electron chi connectivity index (χ2n) is 6.36. The number of ether oxygens (including phenoxy) is 1. The summed E-state index contributed by atoms with van der Waals surface area (Å²) in [5, 5.41) is 6.18. The van der Waals surface area contributed by atoms with Gasteiger partial charge in [-0.05, 0) is 55.8 Å². The summed E-state index contributed by atoms with van der Waals surface area (Å²) in [6, 6.07) is 11.8. The van der Waals surface area contributed by atoms with Crippen LogP contribution < -0.4 is 20.1 Å². The lowest BCUT2D eigenvalue weighted by molar-refractivity contribution is 0.340. The van der Waals surface area contributed by atoms with Crippen molar-refractivity contribution in [3.05, 3.63) is 60.6 Å². The Kier molecular flexibility index (Phi) is 7.15. The Balaban J connectivity index is 1.51. The minimum atomic E-state index is -3.60. The van der Waals surface area contributed by atoms with Crippen LogP contribution in [0.25, 0.3) is 0 Å². The van der Waals surface area contributed by atoms with Gasteiger partial charge in [0.05, 0.1) is 11.5 Å². The van der Waals surface area contributed by atoms with Gasteiger partial charge < -0.3 is 15.4 Å². The van der Waals surface area contributed by atoms with Crippen LogP contribution in [0.3, 0.4) is 0 Å². The zero-order valence-corrected chi connectivity index (χ0v) is 17.6. The van der Waals surface area contributed by atoms with Crippen LogP contribution in [-0.4, -0.2) is 43.1 Å². The Hall–Kier alpha value is -3.24. The van der Waals surface area contributed by atoms with E-state index >= 15 is 0 Å². The van der Waals surface area contributed by atoms with E-state index in [4.69, 9.17) is 4.74 Å². The molecule has 0 unspecified atom stereocenters. The molecule has 0 fully saturated rings. The van der Waals surface area contributed by atoms with Crippen molar-refractivity contribution >= 4 is 27.5 Å². The molecule has 0 atom stereocenters. The van der Waals surface area contributed by atoms with Crippen molar-refractivity contribution in [2.75, 3.05) is 30.3 Å². The van der Waals surface area contributed by atoms with Crippen molar-refractivity contribution < 1.29 is 13.2 Å². The Morgan fingerprint density at radius 2 is 1.67 bits per heavy atom. The fraction of sp³-hybridized carbons (Fsp3) is 0.250. The number of aromatic nitrogens is 3. The van der Waals surface area contributed by atoms with Crippen molar-refractivity contribution in [3.63, 3.8) is 0 Å². The van der Waals surface area contributed by atoms with Crippen LogP contribution in [0.15, 0.2) is 59.9 Å². The van der Waals surface area contributed by atoms with E-state index in [0.29, 0.717) is 36.4 Å². The first kappa shape index (κ1) is 21.5. The second-order valence-corrected chi connectivity index (χ2v) is 8.13. The quantitative estimate of drug-likeness (QED) is 0.422. The molecule has 0 aliphatic rings. The van der Waals surface area contributed by atoms with Crippen molar-refractivity contribution in [1.29, 1.82) is 0 Å². The number of hydrogen-bond donors (Lipinski definition) is 3. The molecule has 1 aromatic carbocycles. The number of hydrogen-bond acceptors (Lipinski definition) is 8. The lowest BCUT2D eigenvalue weighted by Gasteiger charge is -2.10. The highest BCUT2D eigenvalue weighted by Crippen LogP contribution is 2.16. The van der Waals surface area contributed by atoms with Gasteiger partial charge in [-0.1, -0.05) is 0 Å². The van der Waals surface area contributed by atoms with Crippen LogP contribution in [0.5, 0.6) is 5.75 Å². The summed E-state index contributed by atoms with van der Waals surface area (Å²) in [4.78, 5) is 12.7. The summed E-state index contributed by atoms with van der Waals surface area (Å²) < 4.78 is 32.6. The SMILES string of the molecule is CCOc1ccc(S(=O)(=O)NCCNc2cc(Nc3cc(C)ccn3)ncn2)cc1. The van der Waals surface area contributed by atoms with Crippen molar-refractivity contribution in [1.82, 2.24) is 19.7 Å². The van der Waals surface area contributed by atoms with Gasteiger partial charge in [0, 0.05) is 25.4 Å². The smallest absolute Gasteiger partial charge is 0.240 e. The van der Waals surface area contributed by atoms with Crippen LogP contribution in [0.1, 0.15) is 12.5 Å². The molecular formula is C20H24N6O3S. The van der Waals surface area contributed by atoms with Gasteiger partial charge in [-0.25, -0.2) is 28.1 Å². The molecule has 0 bridgehead atoms. The number of nitrogens with one attached hydrogen (secondary N) is 3. The maximum Gasteiger partial charge on any atom is 0.240 e. The average Bonchev–Trinajstić information content (AvgIpc) is 2.72. The molecule has 3 rings (SSSR count). The lowest BCUT2D eigenvalue weighted by atomic mass is 10.3. The molecule has 9 nitrogen and oxygen atoms in total. The number of sulfonamides is 1. The lowest BCUT2D eigenvalue weighted by Crippen LogP contribution is -2.29. The van der Waals surface area contributed by atoms with Gasteiger partial charge in [-0.3, -0.25) is 0 Å². The maximum absolute atomic E-state index is 12.4. The largest absolute Gasteiger partial charge is 0.494 e. The first-order valence-electron chi connectivity index (χ1n) is 9.44. The molecule has 2 aromatic heterocycles.